The molecule has 2 aromatic carbocycles. The summed E-state index contributed by atoms with van der Waals surface area (Å²) in [4.78, 5) is 13.7. The molecule has 2 nitrogen and oxygen atoms in total. The molecular weight excluding hydrogens is 305 g/mol. The first-order valence-electron chi connectivity index (χ1n) is 6.48. The van der Waals surface area contributed by atoms with Gasteiger partial charge in [0.1, 0.15) is 0 Å². The smallest absolute Gasteiger partial charge is 0.246 e. The molecule has 0 bridgehead atoms. The van der Waals surface area contributed by atoms with E-state index in [0.717, 1.165) is 11.1 Å². The van der Waals surface area contributed by atoms with Gasteiger partial charge in [-0.25, -0.2) is 0 Å². The van der Waals surface area contributed by atoms with Gasteiger partial charge in [-0.1, -0.05) is 47.5 Å². The number of hydrogen-bond acceptors (Lipinski definition) is 1. The molecule has 0 atom stereocenters. The van der Waals surface area contributed by atoms with Crippen molar-refractivity contribution in [2.75, 3.05) is 7.05 Å². The Labute approximate surface area is 134 Å². The van der Waals surface area contributed by atoms with Crippen LogP contribution in [0.4, 0.5) is 0 Å². The van der Waals surface area contributed by atoms with E-state index in [9.17, 15) is 4.79 Å². The van der Waals surface area contributed by atoms with Crippen LogP contribution in [0.5, 0.6) is 0 Å². The first kappa shape index (κ1) is 15.6. The number of rotatable bonds is 4. The zero-order valence-electron chi connectivity index (χ0n) is 11.6. The standard InChI is InChI=1S/C17H15Cl2NO/c1-20(12-14-5-8-15(18)9-6-14)17(21)10-7-13-3-2-4-16(19)11-13/h2-11H,12H2,1H3/b10-7+. The second-order valence-electron chi connectivity index (χ2n) is 4.71. The fourth-order valence-corrected chi connectivity index (χ4v) is 2.17. The number of carbonyl (C=O) groups is 1. The first-order valence-corrected chi connectivity index (χ1v) is 7.23. The van der Waals surface area contributed by atoms with Crippen LogP contribution in [0.3, 0.4) is 0 Å². The summed E-state index contributed by atoms with van der Waals surface area (Å²) in [5.74, 6) is -0.0649. The number of hydrogen-bond donors (Lipinski definition) is 0. The van der Waals surface area contributed by atoms with Crippen LogP contribution >= 0.6 is 23.2 Å². The SMILES string of the molecule is CN(Cc1ccc(Cl)cc1)C(=O)/C=C/c1cccc(Cl)c1. The molecule has 0 N–H and O–H groups in total. The monoisotopic (exact) mass is 319 g/mol. The molecule has 0 aliphatic rings. The lowest BCUT2D eigenvalue weighted by atomic mass is 10.2. The third kappa shape index (κ3) is 4.92. The molecule has 0 unspecified atom stereocenters. The molecule has 0 saturated carbocycles. The molecule has 2 rings (SSSR count). The first-order chi connectivity index (χ1) is 10.0. The van der Waals surface area contributed by atoms with Crippen LogP contribution in [0, 0.1) is 0 Å². The minimum absolute atomic E-state index is 0.0649. The molecule has 0 radical (unpaired) electrons. The van der Waals surface area contributed by atoms with Crippen LogP contribution in [0.15, 0.2) is 54.6 Å². The van der Waals surface area contributed by atoms with Crippen molar-refractivity contribution in [2.45, 2.75) is 6.54 Å². The number of nitrogens with zero attached hydrogens (tertiary/aromatic N) is 1. The lowest BCUT2D eigenvalue weighted by molar-refractivity contribution is -0.125. The second-order valence-corrected chi connectivity index (χ2v) is 5.58. The minimum Gasteiger partial charge on any atom is -0.338 e. The predicted molar refractivity (Wildman–Crippen MR) is 88.4 cm³/mol. The van der Waals surface area contributed by atoms with E-state index in [0.29, 0.717) is 16.6 Å². The number of amides is 1. The van der Waals surface area contributed by atoms with Gasteiger partial charge in [-0.15, -0.1) is 0 Å². The number of carbonyl (C=O) groups excluding carboxylic acids is 1. The molecule has 2 aromatic rings. The lowest BCUT2D eigenvalue weighted by Crippen LogP contribution is -2.24. The van der Waals surface area contributed by atoms with Crippen LogP contribution in [0.25, 0.3) is 6.08 Å². The lowest BCUT2D eigenvalue weighted by Gasteiger charge is -2.15. The van der Waals surface area contributed by atoms with Gasteiger partial charge in [-0.05, 0) is 41.5 Å². The third-order valence-corrected chi connectivity index (χ3v) is 3.46. The molecule has 108 valence electrons. The molecule has 0 heterocycles. The van der Waals surface area contributed by atoms with Crippen molar-refractivity contribution in [1.82, 2.24) is 4.90 Å². The van der Waals surface area contributed by atoms with Gasteiger partial charge in [0.25, 0.3) is 0 Å². The summed E-state index contributed by atoms with van der Waals surface area (Å²) in [6.45, 7) is 0.538. The summed E-state index contributed by atoms with van der Waals surface area (Å²) in [5, 5.41) is 1.34. The summed E-state index contributed by atoms with van der Waals surface area (Å²) in [6.07, 6.45) is 3.30. The number of benzene rings is 2. The Hall–Kier alpha value is -1.77. The molecule has 21 heavy (non-hydrogen) atoms. The second kappa shape index (κ2) is 7.30. The van der Waals surface area contributed by atoms with Gasteiger partial charge in [-0.2, -0.15) is 0 Å². The van der Waals surface area contributed by atoms with E-state index in [2.05, 4.69) is 0 Å². The fraction of sp³-hybridized carbons (Fsp3) is 0.118. The predicted octanol–water partition coefficient (Wildman–Crippen LogP) is 4.67. The van der Waals surface area contributed by atoms with Crippen molar-refractivity contribution >= 4 is 35.2 Å². The van der Waals surface area contributed by atoms with Crippen molar-refractivity contribution in [3.63, 3.8) is 0 Å². The van der Waals surface area contributed by atoms with Crippen molar-refractivity contribution in [1.29, 1.82) is 0 Å². The quantitative estimate of drug-likeness (QED) is 0.750. The Bertz CT molecular complexity index is 650. The maximum absolute atomic E-state index is 12.1. The molecule has 0 saturated heterocycles. The molecule has 1 amide bonds. The summed E-state index contributed by atoms with van der Waals surface area (Å²) in [7, 11) is 1.76. The van der Waals surface area contributed by atoms with E-state index in [1.807, 2.05) is 42.5 Å². The number of halogens is 2. The summed E-state index contributed by atoms with van der Waals surface area (Å²) in [5.41, 5.74) is 1.93. The highest BCUT2D eigenvalue weighted by Gasteiger charge is 2.05. The Morgan fingerprint density at radius 3 is 2.48 bits per heavy atom. The van der Waals surface area contributed by atoms with E-state index in [4.69, 9.17) is 23.2 Å². The van der Waals surface area contributed by atoms with Gasteiger partial charge in [-0.3, -0.25) is 4.79 Å². The van der Waals surface area contributed by atoms with Crippen LogP contribution in [0.2, 0.25) is 10.0 Å². The van der Waals surface area contributed by atoms with Gasteiger partial charge in [0.05, 0.1) is 0 Å². The highest BCUT2D eigenvalue weighted by molar-refractivity contribution is 6.30. The van der Waals surface area contributed by atoms with Gasteiger partial charge in [0, 0.05) is 29.7 Å². The van der Waals surface area contributed by atoms with Crippen molar-refractivity contribution in [3.8, 4) is 0 Å². The average Bonchev–Trinajstić information content (AvgIpc) is 2.47. The molecule has 4 heteroatoms. The van der Waals surface area contributed by atoms with Gasteiger partial charge in [0.2, 0.25) is 5.91 Å². The van der Waals surface area contributed by atoms with Gasteiger partial charge in [0.15, 0.2) is 0 Å². The molecule has 0 fully saturated rings. The Morgan fingerprint density at radius 2 is 1.81 bits per heavy atom. The van der Waals surface area contributed by atoms with E-state index in [-0.39, 0.29) is 5.91 Å². The Balaban J connectivity index is 1.97. The maximum Gasteiger partial charge on any atom is 0.246 e. The van der Waals surface area contributed by atoms with Crippen molar-refractivity contribution in [2.24, 2.45) is 0 Å². The van der Waals surface area contributed by atoms with Crippen molar-refractivity contribution in [3.05, 3.63) is 75.8 Å². The third-order valence-electron chi connectivity index (χ3n) is 2.98. The van der Waals surface area contributed by atoms with E-state index >= 15 is 0 Å². The molecule has 0 aromatic heterocycles. The zero-order valence-corrected chi connectivity index (χ0v) is 13.1. The maximum atomic E-state index is 12.1. The van der Waals surface area contributed by atoms with E-state index < -0.39 is 0 Å². The molecular formula is C17H15Cl2NO. The normalized spacial score (nSPS) is 10.8. The van der Waals surface area contributed by atoms with Crippen LogP contribution < -0.4 is 0 Å². The highest BCUT2D eigenvalue weighted by atomic mass is 35.5. The largest absolute Gasteiger partial charge is 0.338 e. The van der Waals surface area contributed by atoms with E-state index in [1.54, 1.807) is 30.2 Å². The van der Waals surface area contributed by atoms with Gasteiger partial charge < -0.3 is 4.90 Å². The molecule has 0 aliphatic heterocycles. The Kier molecular flexibility index (Phi) is 5.43. The van der Waals surface area contributed by atoms with E-state index in [1.165, 1.54) is 0 Å². The zero-order chi connectivity index (χ0) is 15.2. The topological polar surface area (TPSA) is 20.3 Å². The van der Waals surface area contributed by atoms with Crippen molar-refractivity contribution < 1.29 is 4.79 Å². The van der Waals surface area contributed by atoms with Crippen LogP contribution in [-0.4, -0.2) is 17.9 Å². The van der Waals surface area contributed by atoms with Crippen LogP contribution in [-0.2, 0) is 11.3 Å². The Morgan fingerprint density at radius 1 is 1.10 bits per heavy atom. The average molecular weight is 320 g/mol. The molecule has 0 aliphatic carbocycles. The summed E-state index contributed by atoms with van der Waals surface area (Å²) in [6, 6.07) is 14.8. The fourth-order valence-electron chi connectivity index (χ4n) is 1.85. The summed E-state index contributed by atoms with van der Waals surface area (Å²) < 4.78 is 0. The number of likely N-dealkylation sites (N-methyl/N-ethyl adjacent to an activating group) is 1. The molecule has 0 spiro atoms. The van der Waals surface area contributed by atoms with Gasteiger partial charge >= 0.3 is 0 Å². The van der Waals surface area contributed by atoms with Crippen LogP contribution in [0.1, 0.15) is 11.1 Å². The minimum atomic E-state index is -0.0649. The highest BCUT2D eigenvalue weighted by Crippen LogP contribution is 2.13. The summed E-state index contributed by atoms with van der Waals surface area (Å²) >= 11 is 11.7.